The highest BCUT2D eigenvalue weighted by molar-refractivity contribution is 14.0. The number of carbonyl (C=O) groups is 2. The van der Waals surface area contributed by atoms with Crippen LogP contribution in [0.25, 0.3) is 0 Å². The summed E-state index contributed by atoms with van der Waals surface area (Å²) >= 11 is 0. The van der Waals surface area contributed by atoms with E-state index in [1.807, 2.05) is 46.6 Å². The number of nitrogens with zero attached hydrogens (tertiary/aromatic N) is 2. The topological polar surface area (TPSA) is 95.1 Å². The minimum atomic E-state index is -0.551. The molecule has 1 unspecified atom stereocenters. The molecule has 9 heteroatoms. The lowest BCUT2D eigenvalue weighted by atomic mass is 9.92. The fraction of sp³-hybridized carbons (Fsp3) is 0.850. The Labute approximate surface area is 194 Å². The fourth-order valence-electron chi connectivity index (χ4n) is 2.57. The van der Waals surface area contributed by atoms with Gasteiger partial charge in [-0.2, -0.15) is 0 Å². The summed E-state index contributed by atoms with van der Waals surface area (Å²) in [5.41, 5.74) is -1.07. The maximum atomic E-state index is 12.1. The molecule has 0 aromatic rings. The lowest BCUT2D eigenvalue weighted by Crippen LogP contribution is -2.49. The van der Waals surface area contributed by atoms with E-state index in [0.29, 0.717) is 19.0 Å². The highest BCUT2D eigenvalue weighted by atomic mass is 127. The van der Waals surface area contributed by atoms with Crippen LogP contribution in [-0.4, -0.2) is 68.7 Å². The average molecular weight is 527 g/mol. The van der Waals surface area contributed by atoms with E-state index in [-0.39, 0.29) is 41.8 Å². The quantitative estimate of drug-likeness (QED) is 0.257. The summed E-state index contributed by atoms with van der Waals surface area (Å²) in [5.74, 6) is 0.944. The second kappa shape index (κ2) is 13.1. The fourth-order valence-corrected chi connectivity index (χ4v) is 2.57. The van der Waals surface area contributed by atoms with Gasteiger partial charge in [-0.15, -0.1) is 24.0 Å². The lowest BCUT2D eigenvalue weighted by Gasteiger charge is -2.30. The molecular weight excluding hydrogens is 485 g/mol. The monoisotopic (exact) mass is 527 g/mol. The Bertz CT molecular complexity index is 545. The molecule has 0 radical (unpaired) electrons. The normalized spacial score (nSPS) is 13.3. The first-order chi connectivity index (χ1) is 12.7. The molecule has 3 N–H and O–H groups in total. The third kappa shape index (κ3) is 12.1. The van der Waals surface area contributed by atoms with Crippen molar-refractivity contribution in [3.63, 3.8) is 0 Å². The van der Waals surface area contributed by atoms with Crippen molar-refractivity contribution >= 4 is 41.9 Å². The average Bonchev–Trinajstić information content (AvgIpc) is 2.56. The predicted octanol–water partition coefficient (Wildman–Crippen LogP) is 2.82. The maximum absolute atomic E-state index is 12.1. The zero-order valence-corrected chi connectivity index (χ0v) is 22.1. The van der Waals surface area contributed by atoms with E-state index in [1.165, 1.54) is 0 Å². The van der Waals surface area contributed by atoms with Crippen LogP contribution in [0.2, 0.25) is 0 Å². The number of halogens is 1. The molecule has 2 amide bonds. The van der Waals surface area contributed by atoms with Crippen molar-refractivity contribution in [2.24, 2.45) is 16.3 Å². The zero-order valence-electron chi connectivity index (χ0n) is 19.8. The first kappa shape index (κ1) is 29.9. The lowest BCUT2D eigenvalue weighted by molar-refractivity contribution is -0.128. The van der Waals surface area contributed by atoms with E-state index in [9.17, 15) is 9.59 Å². The second-order valence-corrected chi connectivity index (χ2v) is 9.07. The van der Waals surface area contributed by atoms with Crippen LogP contribution in [-0.2, 0) is 9.53 Å². The van der Waals surface area contributed by atoms with Crippen molar-refractivity contribution in [3.8, 4) is 0 Å². The van der Waals surface area contributed by atoms with Crippen LogP contribution >= 0.6 is 24.0 Å². The number of amides is 2. The molecule has 0 rings (SSSR count). The molecule has 8 nitrogen and oxygen atoms in total. The Hall–Kier alpha value is -1.26. The predicted molar refractivity (Wildman–Crippen MR) is 130 cm³/mol. The van der Waals surface area contributed by atoms with E-state index in [4.69, 9.17) is 4.74 Å². The van der Waals surface area contributed by atoms with Crippen LogP contribution in [0.1, 0.15) is 54.9 Å². The van der Waals surface area contributed by atoms with Gasteiger partial charge in [0, 0.05) is 40.3 Å². The molecule has 1 atom stereocenters. The van der Waals surface area contributed by atoms with E-state index >= 15 is 0 Å². The number of carbonyl (C=O) groups excluding carboxylic acids is 2. The van der Waals surface area contributed by atoms with Crippen molar-refractivity contribution in [1.29, 1.82) is 0 Å². The van der Waals surface area contributed by atoms with Gasteiger partial charge in [0.2, 0.25) is 5.91 Å². The van der Waals surface area contributed by atoms with Gasteiger partial charge in [0.1, 0.15) is 5.60 Å². The van der Waals surface area contributed by atoms with Crippen LogP contribution < -0.4 is 16.0 Å². The Balaban J connectivity index is 0. The Morgan fingerprint density at radius 2 is 1.69 bits per heavy atom. The third-order valence-corrected chi connectivity index (χ3v) is 4.39. The molecule has 0 aliphatic carbocycles. The van der Waals surface area contributed by atoms with Crippen LogP contribution in [0.4, 0.5) is 4.79 Å². The number of hydrogen-bond acceptors (Lipinski definition) is 4. The van der Waals surface area contributed by atoms with E-state index in [1.54, 1.807) is 14.1 Å². The van der Waals surface area contributed by atoms with Gasteiger partial charge in [0.15, 0.2) is 5.96 Å². The van der Waals surface area contributed by atoms with Crippen LogP contribution in [0, 0.1) is 11.3 Å². The van der Waals surface area contributed by atoms with Gasteiger partial charge >= 0.3 is 6.09 Å². The summed E-state index contributed by atoms with van der Waals surface area (Å²) in [6.07, 6.45) is 0.344. The van der Waals surface area contributed by atoms with Crippen LogP contribution in [0.3, 0.4) is 0 Å². The van der Waals surface area contributed by atoms with Gasteiger partial charge in [-0.05, 0) is 47.0 Å². The molecule has 0 fully saturated rings. The molecule has 0 heterocycles. The third-order valence-electron chi connectivity index (χ3n) is 4.39. The van der Waals surface area contributed by atoms with Gasteiger partial charge in [-0.1, -0.05) is 13.8 Å². The largest absolute Gasteiger partial charge is 0.444 e. The number of nitrogens with one attached hydrogen (secondary N) is 3. The summed E-state index contributed by atoms with van der Waals surface area (Å²) in [6, 6.07) is -0.0160. The van der Waals surface area contributed by atoms with Crippen LogP contribution in [0.15, 0.2) is 4.99 Å². The molecule has 0 aromatic carbocycles. The molecule has 0 aliphatic rings. The minimum Gasteiger partial charge on any atom is -0.444 e. The highest BCUT2D eigenvalue weighted by Crippen LogP contribution is 2.14. The molecule has 0 spiro atoms. The van der Waals surface area contributed by atoms with Gasteiger partial charge in [-0.25, -0.2) is 4.79 Å². The molecule has 0 aromatic heterocycles. The SMILES string of the molecule is CN=C(NCC(C)(C)C(=O)NC)N(C)CCC(NC(=O)OC(C)(C)C)C(C)C.I. The van der Waals surface area contributed by atoms with Gasteiger partial charge in [0.05, 0.1) is 5.41 Å². The first-order valence-corrected chi connectivity index (χ1v) is 9.87. The number of aliphatic imine (C=N–C) groups is 1. The molecule has 0 saturated carbocycles. The van der Waals surface area contributed by atoms with Crippen molar-refractivity contribution in [1.82, 2.24) is 20.9 Å². The number of hydrogen-bond donors (Lipinski definition) is 3. The van der Waals surface area contributed by atoms with Gasteiger partial charge in [0.25, 0.3) is 0 Å². The van der Waals surface area contributed by atoms with Crippen molar-refractivity contribution in [3.05, 3.63) is 0 Å². The molecular formula is C20H42IN5O3. The van der Waals surface area contributed by atoms with Crippen LogP contribution in [0.5, 0.6) is 0 Å². The second-order valence-electron chi connectivity index (χ2n) is 9.07. The van der Waals surface area contributed by atoms with Gasteiger partial charge < -0.3 is 25.6 Å². The summed E-state index contributed by atoms with van der Waals surface area (Å²) in [4.78, 5) is 30.3. The Morgan fingerprint density at radius 1 is 1.14 bits per heavy atom. The zero-order chi connectivity index (χ0) is 22.1. The number of ether oxygens (including phenoxy) is 1. The van der Waals surface area contributed by atoms with E-state index < -0.39 is 17.1 Å². The van der Waals surface area contributed by atoms with Crippen molar-refractivity contribution in [2.75, 3.05) is 34.2 Å². The molecule has 0 saturated heterocycles. The molecule has 172 valence electrons. The highest BCUT2D eigenvalue weighted by Gasteiger charge is 2.27. The molecule has 0 aliphatic heterocycles. The van der Waals surface area contributed by atoms with Crippen molar-refractivity contribution < 1.29 is 14.3 Å². The van der Waals surface area contributed by atoms with Gasteiger partial charge in [-0.3, -0.25) is 9.79 Å². The summed E-state index contributed by atoms with van der Waals surface area (Å²) in [7, 11) is 5.28. The Morgan fingerprint density at radius 3 is 2.10 bits per heavy atom. The van der Waals surface area contributed by atoms with E-state index in [0.717, 1.165) is 6.42 Å². The molecule has 0 bridgehead atoms. The first-order valence-electron chi connectivity index (χ1n) is 9.87. The summed E-state index contributed by atoms with van der Waals surface area (Å²) in [5, 5.41) is 8.89. The number of rotatable bonds is 8. The number of guanidine groups is 1. The van der Waals surface area contributed by atoms with Crippen molar-refractivity contribution in [2.45, 2.75) is 66.5 Å². The summed E-state index contributed by atoms with van der Waals surface area (Å²) < 4.78 is 5.37. The summed E-state index contributed by atoms with van der Waals surface area (Å²) in [6.45, 7) is 14.6. The smallest absolute Gasteiger partial charge is 0.407 e. The minimum absolute atomic E-state index is 0. The Kier molecular flexibility index (Phi) is 13.5. The standard InChI is InChI=1S/C20H41N5O3.HI/c1-14(2)15(24-18(27)28-19(3,4)5)11-12-25(10)17(22-9)23-13-20(6,7)16(26)21-8;/h14-15H,11-13H2,1-10H3,(H,21,26)(H,22,23)(H,24,27);1H. The molecule has 29 heavy (non-hydrogen) atoms. The maximum Gasteiger partial charge on any atom is 0.407 e. The number of alkyl carbamates (subject to hydrolysis) is 1. The van der Waals surface area contributed by atoms with E-state index in [2.05, 4.69) is 34.8 Å².